The van der Waals surface area contributed by atoms with Gasteiger partial charge in [0.25, 0.3) is 0 Å². The number of carbonyl (C=O) groups is 3. The molecule has 2 aromatic carbocycles. The van der Waals surface area contributed by atoms with Crippen molar-refractivity contribution in [3.63, 3.8) is 0 Å². The van der Waals surface area contributed by atoms with E-state index in [0.29, 0.717) is 53.1 Å². The van der Waals surface area contributed by atoms with Crippen molar-refractivity contribution >= 4 is 45.9 Å². The second-order valence-corrected chi connectivity index (χ2v) is 20.9. The summed E-state index contributed by atoms with van der Waals surface area (Å²) in [5.74, 6) is 0.346. The highest BCUT2D eigenvalue weighted by Gasteiger charge is 2.37. The van der Waals surface area contributed by atoms with E-state index in [2.05, 4.69) is 92.8 Å². The average molecular weight is 917 g/mol. The minimum absolute atomic E-state index is 0.0442. The second-order valence-electron chi connectivity index (χ2n) is 20.9. The molecule has 8 nitrogen and oxygen atoms in total. The van der Waals surface area contributed by atoms with E-state index in [9.17, 15) is 19.5 Å². The summed E-state index contributed by atoms with van der Waals surface area (Å²) in [5.41, 5.74) is 4.54. The third kappa shape index (κ3) is 14.2. The summed E-state index contributed by atoms with van der Waals surface area (Å²) in [7, 11) is 0. The van der Waals surface area contributed by atoms with Crippen molar-refractivity contribution < 1.29 is 24.1 Å². The van der Waals surface area contributed by atoms with Crippen LogP contribution in [0.3, 0.4) is 0 Å². The average Bonchev–Trinajstić information content (AvgIpc) is 3.32. The fourth-order valence-electron chi connectivity index (χ4n) is 8.86. The number of hydrogen-bond donors (Lipinski definition) is 2. The standard InChI is InChI=1S/C59H88N4O4/c1-14-22-25-42(17-4)38-62(39-43(18-5)26-23-15-2)46-32-34-48(50(36-46)60-56(66)58(10,11)20-7)52-54(64)53(55(52)65)49-35-33-47(37-51(49)61-57(67)59(12,13)21-8)63(40-44(19-6)27-24-16-3)45-30-28-41(9)29-31-45/h28-37,42-44H,14-27,38-40H2,1-13H3,(H2,60,61,64,65,66,67). The van der Waals surface area contributed by atoms with Crippen LogP contribution in [0, 0.1) is 35.5 Å². The molecule has 0 saturated heterocycles. The normalized spacial score (nSPS) is 17.4. The number of Topliss-reactive ketones (excluding diaryl/α,β-unsaturated/α-hetero) is 1. The molecular formula is C59H88N4O4. The molecule has 0 heterocycles. The number of amides is 2. The van der Waals surface area contributed by atoms with Gasteiger partial charge >= 0.3 is 0 Å². The largest absolute Gasteiger partial charge is 0.871 e. The quantitative estimate of drug-likeness (QED) is 0.0686. The Labute approximate surface area is 406 Å². The maximum absolute atomic E-state index is 14.8. The van der Waals surface area contributed by atoms with Gasteiger partial charge in [-0.15, -0.1) is 0 Å². The van der Waals surface area contributed by atoms with Gasteiger partial charge in [-0.25, -0.2) is 0 Å². The minimum atomic E-state index is -0.692. The lowest BCUT2D eigenvalue weighted by Crippen LogP contribution is -2.39. The lowest BCUT2D eigenvalue weighted by atomic mass is 9.78. The van der Waals surface area contributed by atoms with E-state index in [4.69, 9.17) is 0 Å². The van der Waals surface area contributed by atoms with Crippen LogP contribution in [0.4, 0.5) is 17.1 Å². The number of anilines is 2. The summed E-state index contributed by atoms with van der Waals surface area (Å²) in [4.78, 5) is 45.2. The van der Waals surface area contributed by atoms with E-state index >= 15 is 0 Å². The molecule has 0 saturated carbocycles. The van der Waals surface area contributed by atoms with Crippen LogP contribution in [0.1, 0.15) is 184 Å². The third-order valence-electron chi connectivity index (χ3n) is 15.0. The first-order valence-electron chi connectivity index (χ1n) is 26.3. The lowest BCUT2D eigenvalue weighted by molar-refractivity contribution is -0.448. The van der Waals surface area contributed by atoms with Crippen molar-refractivity contribution in [1.29, 1.82) is 0 Å². The molecule has 3 unspecified atom stereocenters. The van der Waals surface area contributed by atoms with Crippen LogP contribution >= 0.6 is 0 Å². The molecule has 2 aromatic rings. The maximum Gasteiger partial charge on any atom is 0.230 e. The van der Waals surface area contributed by atoms with Crippen molar-refractivity contribution in [1.82, 2.24) is 5.32 Å². The summed E-state index contributed by atoms with van der Waals surface area (Å²) < 4.78 is 2.30. The summed E-state index contributed by atoms with van der Waals surface area (Å²) in [6.07, 6.45) is 20.5. The molecule has 8 heteroatoms. The second kappa shape index (κ2) is 25.6. The number of aryl methyl sites for hydroxylation is 1. The zero-order valence-electron chi connectivity index (χ0n) is 44.1. The number of carbonyl (C=O) groups excluding carboxylic acids is 3. The number of hydrogen-bond acceptors (Lipinski definition) is 5. The van der Waals surface area contributed by atoms with Crippen LogP contribution in [0.15, 0.2) is 83.3 Å². The van der Waals surface area contributed by atoms with Crippen LogP contribution in [0.2, 0.25) is 0 Å². The molecule has 2 aliphatic carbocycles. The van der Waals surface area contributed by atoms with Gasteiger partial charge in [0.15, 0.2) is 12.3 Å². The molecule has 0 aliphatic heterocycles. The predicted molar refractivity (Wildman–Crippen MR) is 281 cm³/mol. The van der Waals surface area contributed by atoms with E-state index in [-0.39, 0.29) is 23.0 Å². The zero-order chi connectivity index (χ0) is 49.5. The third-order valence-corrected chi connectivity index (χ3v) is 15.0. The molecule has 0 aromatic heterocycles. The van der Waals surface area contributed by atoms with E-state index < -0.39 is 22.4 Å². The molecule has 67 heavy (non-hydrogen) atoms. The van der Waals surface area contributed by atoms with E-state index in [0.717, 1.165) is 101 Å². The van der Waals surface area contributed by atoms with Gasteiger partial charge in [0.05, 0.1) is 11.4 Å². The Morgan fingerprint density at radius 2 is 1.21 bits per heavy atom. The molecule has 3 atom stereocenters. The fraction of sp³-hybridized carbons (Fsp3) is 0.593. The number of unbranched alkanes of at least 4 members (excludes halogenated alkanes) is 3. The van der Waals surface area contributed by atoms with Crippen molar-refractivity contribution in [2.75, 3.05) is 29.9 Å². The van der Waals surface area contributed by atoms with Gasteiger partial charge in [-0.2, -0.15) is 4.58 Å². The minimum Gasteiger partial charge on any atom is -0.871 e. The first-order valence-corrected chi connectivity index (χ1v) is 26.3. The Bertz CT molecular complexity index is 2150. The Balaban J connectivity index is 1.95. The number of ketones is 1. The van der Waals surface area contributed by atoms with Crippen molar-refractivity contribution in [2.24, 2.45) is 28.6 Å². The summed E-state index contributed by atoms with van der Waals surface area (Å²) >= 11 is 0. The number of allylic oxidation sites excluding steroid dienone is 5. The van der Waals surface area contributed by atoms with Crippen molar-refractivity contribution in [2.45, 2.75) is 180 Å². The summed E-state index contributed by atoms with van der Waals surface area (Å²) in [6, 6.07) is 14.4. The van der Waals surface area contributed by atoms with Crippen LogP contribution in [0.5, 0.6) is 0 Å². The highest BCUT2D eigenvalue weighted by molar-refractivity contribution is 6.40. The van der Waals surface area contributed by atoms with E-state index in [1.807, 2.05) is 78.0 Å². The predicted octanol–water partition coefficient (Wildman–Crippen LogP) is 13.6. The Kier molecular flexibility index (Phi) is 21.0. The number of nitrogens with one attached hydrogen (secondary N) is 2. The van der Waals surface area contributed by atoms with Gasteiger partial charge < -0.3 is 20.6 Å². The topological polar surface area (TPSA) is 105 Å². The molecule has 2 aliphatic rings. The monoisotopic (exact) mass is 917 g/mol. The lowest BCUT2D eigenvalue weighted by Gasteiger charge is -2.36. The van der Waals surface area contributed by atoms with Gasteiger partial charge in [0.1, 0.15) is 0 Å². The summed E-state index contributed by atoms with van der Waals surface area (Å²) in [5, 5.41) is 21.2. The molecular weight excluding hydrogens is 829 g/mol. The van der Waals surface area contributed by atoms with E-state index in [1.165, 1.54) is 18.4 Å². The SMILES string of the molecule is CCCCC(CC)CN(CC(CC)CCCC)c1ccc(C2=C([O-])/C(=C3C=C/C(=[N+](\CC(CC)CCCC)c4ccc(C)cc4)C=C/3NC(=O)C(C)(C)CC)C2=O)c(NC(=O)C(C)(C)CC)c1. The molecule has 2 N–H and O–H groups in total. The number of benzene rings is 2. The van der Waals surface area contributed by atoms with Crippen molar-refractivity contribution in [3.8, 4) is 0 Å². The molecule has 0 spiro atoms. The Morgan fingerprint density at radius 3 is 1.70 bits per heavy atom. The van der Waals surface area contributed by atoms with Gasteiger partial charge in [-0.05, 0) is 75.5 Å². The number of nitrogens with zero attached hydrogens (tertiary/aromatic N) is 2. The maximum atomic E-state index is 14.8. The fourth-order valence-corrected chi connectivity index (χ4v) is 8.86. The molecule has 0 bridgehead atoms. The van der Waals surface area contributed by atoms with Crippen LogP contribution < -0.4 is 20.6 Å². The Morgan fingerprint density at radius 1 is 0.687 bits per heavy atom. The first-order chi connectivity index (χ1) is 31.9. The zero-order valence-corrected chi connectivity index (χ0v) is 44.1. The van der Waals surface area contributed by atoms with Gasteiger partial charge in [-0.1, -0.05) is 164 Å². The Hall–Kier alpha value is -4.72. The molecule has 0 radical (unpaired) electrons. The first kappa shape index (κ1) is 54.9. The smallest absolute Gasteiger partial charge is 0.230 e. The highest BCUT2D eigenvalue weighted by Crippen LogP contribution is 2.43. The summed E-state index contributed by atoms with van der Waals surface area (Å²) in [6.45, 7) is 29.8. The van der Waals surface area contributed by atoms with Gasteiger partial charge in [-0.3, -0.25) is 14.4 Å². The van der Waals surface area contributed by atoms with Crippen LogP contribution in [-0.4, -0.2) is 47.5 Å². The van der Waals surface area contributed by atoms with Crippen molar-refractivity contribution in [3.05, 3.63) is 94.4 Å². The van der Waals surface area contributed by atoms with Gasteiger partial charge in [0.2, 0.25) is 23.2 Å². The number of rotatable bonds is 27. The molecule has 368 valence electrons. The van der Waals surface area contributed by atoms with E-state index in [1.54, 1.807) is 0 Å². The van der Waals surface area contributed by atoms with Crippen LogP contribution in [0.25, 0.3) is 5.57 Å². The molecule has 0 fully saturated rings. The molecule has 2 amide bonds. The van der Waals surface area contributed by atoms with Gasteiger partial charge in [0, 0.05) is 82.1 Å². The van der Waals surface area contributed by atoms with Crippen LogP contribution in [-0.2, 0) is 14.4 Å². The highest BCUT2D eigenvalue weighted by atomic mass is 16.3. The molecule has 4 rings (SSSR count).